The quantitative estimate of drug-likeness (QED) is 0.0442. The Morgan fingerprint density at radius 3 is 1.40 bits per heavy atom. The Morgan fingerprint density at radius 1 is 0.595 bits per heavy atom. The zero-order chi connectivity index (χ0) is 31.3. The Kier molecular flexibility index (Phi) is 29.2. The molecule has 250 valence electrons. The molecule has 0 aromatic rings. The predicted molar refractivity (Wildman–Crippen MR) is 181 cm³/mol. The molecule has 1 N–H and O–H groups in total. The van der Waals surface area contributed by atoms with Crippen molar-refractivity contribution >= 4 is 30.7 Å². The van der Waals surface area contributed by atoms with Crippen LogP contribution in [0.3, 0.4) is 0 Å². The molecule has 0 spiro atoms. The van der Waals surface area contributed by atoms with E-state index in [1.165, 1.54) is 96.3 Å². The van der Waals surface area contributed by atoms with Crippen molar-refractivity contribution in [1.29, 1.82) is 0 Å². The van der Waals surface area contributed by atoms with E-state index in [2.05, 4.69) is 34.6 Å². The molecule has 0 aromatic heterocycles. The summed E-state index contributed by atoms with van der Waals surface area (Å²) in [4.78, 5) is 25.9. The van der Waals surface area contributed by atoms with Crippen molar-refractivity contribution < 1.29 is 22.5 Å². The monoisotopic (exact) mass is 704 g/mol. The minimum atomic E-state index is -3.28. The number of unbranched alkanes of at least 4 members (excludes halogenated alkanes) is 16. The summed E-state index contributed by atoms with van der Waals surface area (Å²) in [5, 5.41) is 10.6. The Morgan fingerprint density at radius 2 is 1.00 bits per heavy atom. The second-order valence-corrected chi connectivity index (χ2v) is 24.6. The maximum absolute atomic E-state index is 13.3. The van der Waals surface area contributed by atoms with Crippen molar-refractivity contribution in [3.63, 3.8) is 0 Å². The summed E-state index contributed by atoms with van der Waals surface area (Å²) in [5.41, 5.74) is 0. The van der Waals surface area contributed by atoms with Gasteiger partial charge in [0, 0.05) is 0 Å². The van der Waals surface area contributed by atoms with Gasteiger partial charge in [-0.15, -0.1) is 0 Å². The van der Waals surface area contributed by atoms with Gasteiger partial charge >= 0.3 is 267 Å². The van der Waals surface area contributed by atoms with E-state index in [0.717, 1.165) is 58.3 Å². The fourth-order valence-corrected chi connectivity index (χ4v) is 18.2. The molecule has 0 aliphatic carbocycles. The normalized spacial score (nSPS) is 13.2. The molecule has 0 aromatic carbocycles. The van der Waals surface area contributed by atoms with Crippen molar-refractivity contribution in [3.05, 3.63) is 0 Å². The van der Waals surface area contributed by atoms with Gasteiger partial charge in [-0.2, -0.15) is 0 Å². The zero-order valence-corrected chi connectivity index (χ0v) is 31.7. The van der Waals surface area contributed by atoms with Crippen LogP contribution in [0.2, 0.25) is 13.3 Å². The Hall–Kier alpha value is -0.301. The number of carbonyl (C=O) groups is 2. The van der Waals surface area contributed by atoms with Crippen LogP contribution >= 0.6 is 0 Å². The molecule has 0 aliphatic rings. The first kappa shape index (κ1) is 41.7. The van der Waals surface area contributed by atoms with Crippen LogP contribution in [0.4, 0.5) is 0 Å². The summed E-state index contributed by atoms with van der Waals surface area (Å²) in [6, 6.07) is 0. The van der Waals surface area contributed by atoms with Crippen molar-refractivity contribution in [2.24, 2.45) is 5.92 Å². The van der Waals surface area contributed by atoms with E-state index in [9.17, 15) is 14.7 Å². The number of ether oxygens (including phenoxy) is 1. The average molecular weight is 704 g/mol. The van der Waals surface area contributed by atoms with Crippen LogP contribution in [0.5, 0.6) is 0 Å². The average Bonchev–Trinajstić information content (AvgIpc) is 2.98. The predicted octanol–water partition coefficient (Wildman–Crippen LogP) is 11.1. The van der Waals surface area contributed by atoms with Gasteiger partial charge in [-0.1, -0.05) is 0 Å². The van der Waals surface area contributed by atoms with E-state index < -0.39 is 30.9 Å². The summed E-state index contributed by atoms with van der Waals surface area (Å²) < 4.78 is 15.3. The summed E-state index contributed by atoms with van der Waals surface area (Å²) in [7, 11) is 0. The van der Waals surface area contributed by atoms with Gasteiger partial charge in [0.05, 0.1) is 0 Å². The standard InChI is InChI=1S/C12H22O5.3C8H17.Sn/c1-3-5-6-9(4-2)8-17-12(16)10(13)7-11(14)15;3*1-3-5-7-8-6-4-2;/h9-10,13H,3-8H2,1-2H3,(H,14,15);3*1,3-8H2,2H3;/q;;;;+1/p-1. The SMILES string of the molecule is CCCCCCC[CH2][Sn]([CH2]CCCCCCC)([CH2]CCCCCCC)[O]C(=O)CC(O)C(=O)OCC(CC)CCCC. The maximum atomic E-state index is 13.3. The van der Waals surface area contributed by atoms with Crippen LogP contribution in [0.25, 0.3) is 0 Å². The third-order valence-electron chi connectivity index (χ3n) is 8.92. The molecule has 6 heteroatoms. The first-order valence-corrected chi connectivity index (χ1v) is 25.7. The molecular weight excluding hydrogens is 631 g/mol. The van der Waals surface area contributed by atoms with Gasteiger partial charge in [0.1, 0.15) is 0 Å². The second kappa shape index (κ2) is 29.4. The molecule has 0 rings (SSSR count). The van der Waals surface area contributed by atoms with E-state index in [4.69, 9.17) is 7.81 Å². The molecule has 0 aliphatic heterocycles. The number of aliphatic hydroxyl groups excluding tert-OH is 1. The van der Waals surface area contributed by atoms with Crippen LogP contribution in [0.15, 0.2) is 0 Å². The number of aliphatic hydroxyl groups is 1. The summed E-state index contributed by atoms with van der Waals surface area (Å²) in [6.45, 7) is 11.3. The fraction of sp³-hybridized carbons (Fsp3) is 0.944. The van der Waals surface area contributed by atoms with E-state index in [-0.39, 0.29) is 12.4 Å². The topological polar surface area (TPSA) is 72.8 Å². The van der Waals surface area contributed by atoms with Crippen LogP contribution in [0, 0.1) is 5.92 Å². The van der Waals surface area contributed by atoms with Crippen LogP contribution in [0.1, 0.15) is 182 Å². The summed E-state index contributed by atoms with van der Waals surface area (Å²) in [5.74, 6) is -0.731. The first-order valence-electron chi connectivity index (χ1n) is 18.4. The third-order valence-corrected chi connectivity index (χ3v) is 21.6. The molecule has 2 unspecified atom stereocenters. The molecule has 0 bridgehead atoms. The van der Waals surface area contributed by atoms with E-state index in [0.29, 0.717) is 12.5 Å². The van der Waals surface area contributed by atoms with Gasteiger partial charge in [0.2, 0.25) is 0 Å². The van der Waals surface area contributed by atoms with Gasteiger partial charge in [0.15, 0.2) is 0 Å². The van der Waals surface area contributed by atoms with E-state index in [1.54, 1.807) is 0 Å². The van der Waals surface area contributed by atoms with Crippen LogP contribution in [-0.4, -0.2) is 48.5 Å². The minimum absolute atomic E-state index is 0.271. The van der Waals surface area contributed by atoms with E-state index >= 15 is 0 Å². The Bertz CT molecular complexity index is 585. The number of hydrogen-bond donors (Lipinski definition) is 1. The Labute approximate surface area is 266 Å². The van der Waals surface area contributed by atoms with Crippen molar-refractivity contribution in [3.8, 4) is 0 Å². The van der Waals surface area contributed by atoms with Crippen molar-refractivity contribution in [2.45, 2.75) is 202 Å². The zero-order valence-electron chi connectivity index (χ0n) is 28.8. The molecule has 0 saturated heterocycles. The molecule has 0 amide bonds. The fourth-order valence-electron chi connectivity index (χ4n) is 5.93. The number of hydrogen-bond acceptors (Lipinski definition) is 5. The molecule has 0 fully saturated rings. The van der Waals surface area contributed by atoms with Crippen LogP contribution < -0.4 is 0 Å². The molecule has 2 atom stereocenters. The molecule has 0 saturated carbocycles. The Balaban J connectivity index is 5.31. The van der Waals surface area contributed by atoms with Gasteiger partial charge in [0.25, 0.3) is 0 Å². The van der Waals surface area contributed by atoms with Gasteiger partial charge < -0.3 is 0 Å². The summed E-state index contributed by atoms with van der Waals surface area (Å²) in [6.07, 6.45) is 24.9. The first-order chi connectivity index (χ1) is 20.4. The molecule has 5 nitrogen and oxygen atoms in total. The molecular formula is C36H72O5Sn. The third kappa shape index (κ3) is 23.1. The summed E-state index contributed by atoms with van der Waals surface area (Å²) >= 11 is -3.28. The van der Waals surface area contributed by atoms with Gasteiger partial charge in [-0.25, -0.2) is 0 Å². The van der Waals surface area contributed by atoms with Crippen LogP contribution in [-0.2, 0) is 17.4 Å². The molecule has 42 heavy (non-hydrogen) atoms. The van der Waals surface area contributed by atoms with Gasteiger partial charge in [-0.3, -0.25) is 0 Å². The van der Waals surface area contributed by atoms with Gasteiger partial charge in [-0.05, 0) is 0 Å². The number of carbonyl (C=O) groups excluding carboxylic acids is 2. The molecule has 0 radical (unpaired) electrons. The number of esters is 1. The number of rotatable bonds is 31. The van der Waals surface area contributed by atoms with E-state index in [1.807, 2.05) is 0 Å². The van der Waals surface area contributed by atoms with Crippen molar-refractivity contribution in [2.75, 3.05) is 6.61 Å². The molecule has 0 heterocycles. The van der Waals surface area contributed by atoms with Crippen molar-refractivity contribution in [1.82, 2.24) is 0 Å². The second-order valence-electron chi connectivity index (χ2n) is 13.0.